The lowest BCUT2D eigenvalue weighted by Gasteiger charge is -2.39. The fraction of sp³-hybridized carbons (Fsp3) is 0.583. The van der Waals surface area contributed by atoms with Crippen LogP contribution >= 0.6 is 0 Å². The van der Waals surface area contributed by atoms with Gasteiger partial charge in [-0.2, -0.15) is 0 Å². The van der Waals surface area contributed by atoms with Crippen molar-refractivity contribution in [2.45, 2.75) is 38.1 Å². The first kappa shape index (κ1) is 10.6. The molecule has 1 saturated carbocycles. The Morgan fingerprint density at radius 1 is 1.47 bits per heavy atom. The summed E-state index contributed by atoms with van der Waals surface area (Å²) in [4.78, 5) is 3.88. The van der Waals surface area contributed by atoms with Gasteiger partial charge in [0.1, 0.15) is 5.82 Å². The van der Waals surface area contributed by atoms with Crippen LogP contribution in [0.1, 0.15) is 38.2 Å². The second-order valence-electron chi connectivity index (χ2n) is 4.58. The lowest BCUT2D eigenvalue weighted by Crippen LogP contribution is -2.45. The van der Waals surface area contributed by atoms with Crippen molar-refractivity contribution in [3.8, 4) is 0 Å². The van der Waals surface area contributed by atoms with Crippen LogP contribution in [0.3, 0.4) is 0 Å². The fourth-order valence-electron chi connectivity index (χ4n) is 2.47. The molecular weight excluding hydrogens is 191 g/mol. The smallest absolute Gasteiger partial charge is 0.141 e. The summed E-state index contributed by atoms with van der Waals surface area (Å²) in [5, 5.41) is 0. The number of pyridine rings is 1. The van der Waals surface area contributed by atoms with E-state index in [1.165, 1.54) is 18.7 Å². The molecule has 1 aliphatic carbocycles. The number of aromatic nitrogens is 1. The number of nitrogens with zero attached hydrogens (tertiary/aromatic N) is 1. The highest BCUT2D eigenvalue weighted by Crippen LogP contribution is 2.39. The van der Waals surface area contributed by atoms with Crippen LogP contribution in [0.5, 0.6) is 0 Å². The maximum atomic E-state index is 13.1. The average Bonchev–Trinajstić information content (AvgIpc) is 2.23. The Balaban J connectivity index is 2.34. The van der Waals surface area contributed by atoms with Crippen LogP contribution in [-0.4, -0.2) is 4.98 Å². The normalized spacial score (nSPS) is 31.5. The van der Waals surface area contributed by atoms with Crippen molar-refractivity contribution in [1.29, 1.82) is 0 Å². The Kier molecular flexibility index (Phi) is 2.74. The largest absolute Gasteiger partial charge is 0.321 e. The molecule has 82 valence electrons. The summed E-state index contributed by atoms with van der Waals surface area (Å²) in [6.07, 6.45) is 7.32. The van der Waals surface area contributed by atoms with Crippen molar-refractivity contribution in [2.75, 3.05) is 0 Å². The zero-order valence-electron chi connectivity index (χ0n) is 9.04. The van der Waals surface area contributed by atoms with Gasteiger partial charge in [-0.15, -0.1) is 0 Å². The zero-order chi connectivity index (χ0) is 10.9. The van der Waals surface area contributed by atoms with E-state index in [1.807, 2.05) is 0 Å². The number of rotatable bonds is 1. The first-order valence-electron chi connectivity index (χ1n) is 5.53. The summed E-state index contributed by atoms with van der Waals surface area (Å²) in [7, 11) is 0. The molecule has 3 heteroatoms. The van der Waals surface area contributed by atoms with Gasteiger partial charge in [-0.05, 0) is 30.4 Å². The first-order valence-corrected chi connectivity index (χ1v) is 5.53. The predicted octanol–water partition coefficient (Wildman–Crippen LogP) is 2.58. The van der Waals surface area contributed by atoms with Crippen molar-refractivity contribution >= 4 is 0 Å². The monoisotopic (exact) mass is 208 g/mol. The van der Waals surface area contributed by atoms with Crippen molar-refractivity contribution in [3.63, 3.8) is 0 Å². The molecule has 0 bridgehead atoms. The SMILES string of the molecule is CC1CCCCC1(N)c1cncc(F)c1. The first-order chi connectivity index (χ1) is 7.13. The van der Waals surface area contributed by atoms with Crippen molar-refractivity contribution in [2.24, 2.45) is 11.7 Å². The summed E-state index contributed by atoms with van der Waals surface area (Å²) in [6.45, 7) is 2.14. The van der Waals surface area contributed by atoms with Gasteiger partial charge in [-0.3, -0.25) is 4.98 Å². The molecule has 0 spiro atoms. The highest BCUT2D eigenvalue weighted by Gasteiger charge is 2.36. The molecule has 0 saturated heterocycles. The number of halogens is 1. The van der Waals surface area contributed by atoms with E-state index in [0.29, 0.717) is 5.92 Å². The lowest BCUT2D eigenvalue weighted by molar-refractivity contribution is 0.206. The Labute approximate surface area is 89.7 Å². The van der Waals surface area contributed by atoms with Crippen LogP contribution < -0.4 is 5.73 Å². The molecule has 1 heterocycles. The van der Waals surface area contributed by atoms with Gasteiger partial charge >= 0.3 is 0 Å². The molecule has 1 aromatic heterocycles. The van der Waals surface area contributed by atoms with Gasteiger partial charge < -0.3 is 5.73 Å². The van der Waals surface area contributed by atoms with E-state index in [4.69, 9.17) is 5.73 Å². The van der Waals surface area contributed by atoms with Crippen LogP contribution in [-0.2, 0) is 5.54 Å². The van der Waals surface area contributed by atoms with E-state index < -0.39 is 0 Å². The quantitative estimate of drug-likeness (QED) is 0.770. The van der Waals surface area contributed by atoms with Crippen molar-refractivity contribution < 1.29 is 4.39 Å². The van der Waals surface area contributed by atoms with Gasteiger partial charge in [0.05, 0.1) is 6.20 Å². The molecule has 2 unspecified atom stereocenters. The third kappa shape index (κ3) is 1.88. The minimum Gasteiger partial charge on any atom is -0.321 e. The molecule has 1 fully saturated rings. The Hall–Kier alpha value is -0.960. The Morgan fingerprint density at radius 2 is 2.27 bits per heavy atom. The molecular formula is C12H17FN2. The van der Waals surface area contributed by atoms with Gasteiger partial charge in [-0.1, -0.05) is 19.8 Å². The second-order valence-corrected chi connectivity index (χ2v) is 4.58. The summed E-state index contributed by atoms with van der Waals surface area (Å²) in [5.74, 6) is 0.102. The lowest BCUT2D eigenvalue weighted by atomic mass is 9.71. The maximum absolute atomic E-state index is 13.1. The molecule has 0 aromatic carbocycles. The summed E-state index contributed by atoms with van der Waals surface area (Å²) < 4.78 is 13.1. The molecule has 0 amide bonds. The van der Waals surface area contributed by atoms with Gasteiger partial charge in [0.15, 0.2) is 0 Å². The zero-order valence-corrected chi connectivity index (χ0v) is 9.04. The second kappa shape index (κ2) is 3.89. The minimum absolute atomic E-state index is 0.296. The molecule has 0 radical (unpaired) electrons. The topological polar surface area (TPSA) is 38.9 Å². The van der Waals surface area contributed by atoms with E-state index >= 15 is 0 Å². The van der Waals surface area contributed by atoms with Crippen molar-refractivity contribution in [3.05, 3.63) is 29.8 Å². The summed E-state index contributed by atoms with van der Waals surface area (Å²) in [6, 6.07) is 1.52. The van der Waals surface area contributed by atoms with Crippen LogP contribution in [0, 0.1) is 11.7 Å². The highest BCUT2D eigenvalue weighted by atomic mass is 19.1. The summed E-state index contributed by atoms with van der Waals surface area (Å²) >= 11 is 0. The molecule has 2 N–H and O–H groups in total. The standard InChI is InChI=1S/C12H17FN2/c1-9-4-2-3-5-12(9,14)10-6-11(13)8-15-7-10/h6-9H,2-5,14H2,1H3. The van der Waals surface area contributed by atoms with E-state index in [0.717, 1.165) is 24.8 Å². The van der Waals surface area contributed by atoms with Crippen LogP contribution in [0.25, 0.3) is 0 Å². The fourth-order valence-corrected chi connectivity index (χ4v) is 2.47. The molecule has 2 rings (SSSR count). The number of hydrogen-bond acceptors (Lipinski definition) is 2. The third-order valence-corrected chi connectivity index (χ3v) is 3.60. The summed E-state index contributed by atoms with van der Waals surface area (Å²) in [5.41, 5.74) is 6.85. The molecule has 1 aromatic rings. The predicted molar refractivity (Wildman–Crippen MR) is 57.7 cm³/mol. The van der Waals surface area contributed by atoms with E-state index in [9.17, 15) is 4.39 Å². The van der Waals surface area contributed by atoms with Crippen molar-refractivity contribution in [1.82, 2.24) is 4.98 Å². The molecule has 2 nitrogen and oxygen atoms in total. The van der Waals surface area contributed by atoms with Gasteiger partial charge in [0, 0.05) is 11.7 Å². The van der Waals surface area contributed by atoms with Gasteiger partial charge in [-0.25, -0.2) is 4.39 Å². The van der Waals surface area contributed by atoms with E-state index in [1.54, 1.807) is 6.20 Å². The molecule has 2 atom stereocenters. The molecule has 1 aliphatic rings. The van der Waals surface area contributed by atoms with Crippen LogP contribution in [0.15, 0.2) is 18.5 Å². The van der Waals surface area contributed by atoms with Crippen LogP contribution in [0.4, 0.5) is 4.39 Å². The minimum atomic E-state index is -0.382. The average molecular weight is 208 g/mol. The Morgan fingerprint density at radius 3 is 2.93 bits per heavy atom. The van der Waals surface area contributed by atoms with Crippen LogP contribution in [0.2, 0.25) is 0 Å². The van der Waals surface area contributed by atoms with E-state index in [2.05, 4.69) is 11.9 Å². The molecule has 0 aliphatic heterocycles. The molecule has 15 heavy (non-hydrogen) atoms. The van der Waals surface area contributed by atoms with Gasteiger partial charge in [0.2, 0.25) is 0 Å². The number of nitrogens with two attached hydrogens (primary N) is 1. The Bertz CT molecular complexity index is 353. The van der Waals surface area contributed by atoms with Gasteiger partial charge in [0.25, 0.3) is 0 Å². The number of hydrogen-bond donors (Lipinski definition) is 1. The highest BCUT2D eigenvalue weighted by molar-refractivity contribution is 5.22. The third-order valence-electron chi connectivity index (χ3n) is 3.60. The maximum Gasteiger partial charge on any atom is 0.141 e. The van der Waals surface area contributed by atoms with E-state index in [-0.39, 0.29) is 11.4 Å².